The third kappa shape index (κ3) is 2.81. The minimum Gasteiger partial charge on any atom is -0.480 e. The van der Waals surface area contributed by atoms with Crippen LogP contribution in [0.5, 0.6) is 0 Å². The molecular weight excluding hydrogens is 326 g/mol. The van der Waals surface area contributed by atoms with Crippen molar-refractivity contribution in [2.45, 2.75) is 20.4 Å². The van der Waals surface area contributed by atoms with Gasteiger partial charge in [0.15, 0.2) is 5.78 Å². The minimum atomic E-state index is -0.943. The summed E-state index contributed by atoms with van der Waals surface area (Å²) in [5.41, 5.74) is 3.48. The smallest absolute Gasteiger partial charge is 0.323 e. The summed E-state index contributed by atoms with van der Waals surface area (Å²) in [6.07, 6.45) is 0. The molecule has 0 saturated heterocycles. The van der Waals surface area contributed by atoms with E-state index in [0.717, 1.165) is 16.5 Å². The van der Waals surface area contributed by atoms with Crippen LogP contribution in [0.15, 0.2) is 42.5 Å². The molecule has 0 aliphatic carbocycles. The number of carboxylic acids is 1. The summed E-state index contributed by atoms with van der Waals surface area (Å²) in [6.45, 7) is 3.54. The van der Waals surface area contributed by atoms with Crippen molar-refractivity contribution in [3.8, 4) is 0 Å². The van der Waals surface area contributed by atoms with Gasteiger partial charge in [0.25, 0.3) is 0 Å². The van der Waals surface area contributed by atoms with Gasteiger partial charge < -0.3 is 9.67 Å². The fraction of sp³-hybridized carbons (Fsp3) is 0.158. The van der Waals surface area contributed by atoms with Crippen LogP contribution in [0.3, 0.4) is 0 Å². The first kappa shape index (κ1) is 16.3. The Morgan fingerprint density at radius 1 is 1.08 bits per heavy atom. The number of ketones is 1. The molecule has 0 amide bonds. The Hall–Kier alpha value is -2.59. The largest absolute Gasteiger partial charge is 0.480 e. The summed E-state index contributed by atoms with van der Waals surface area (Å²) in [4.78, 5) is 24.2. The number of benzene rings is 2. The van der Waals surface area contributed by atoms with Gasteiger partial charge in [-0.1, -0.05) is 23.7 Å². The highest BCUT2D eigenvalue weighted by Crippen LogP contribution is 2.29. The molecule has 1 N–H and O–H groups in total. The van der Waals surface area contributed by atoms with E-state index in [-0.39, 0.29) is 12.3 Å². The Bertz CT molecular complexity index is 955. The van der Waals surface area contributed by atoms with E-state index in [1.165, 1.54) is 0 Å². The van der Waals surface area contributed by atoms with Gasteiger partial charge in [-0.05, 0) is 49.7 Å². The van der Waals surface area contributed by atoms with Crippen LogP contribution in [0.1, 0.15) is 27.2 Å². The lowest BCUT2D eigenvalue weighted by Gasteiger charge is -2.05. The molecule has 5 heteroatoms. The minimum absolute atomic E-state index is 0.137. The predicted octanol–water partition coefficient (Wildman–Crippen LogP) is 4.23. The van der Waals surface area contributed by atoms with Crippen LogP contribution in [-0.2, 0) is 11.3 Å². The highest BCUT2D eigenvalue weighted by molar-refractivity contribution is 6.30. The zero-order valence-electron chi connectivity index (χ0n) is 13.3. The number of halogens is 1. The molecule has 0 aliphatic rings. The monoisotopic (exact) mass is 341 g/mol. The maximum atomic E-state index is 13.0. The lowest BCUT2D eigenvalue weighted by Crippen LogP contribution is -2.11. The van der Waals surface area contributed by atoms with E-state index in [2.05, 4.69) is 0 Å². The van der Waals surface area contributed by atoms with Crippen LogP contribution in [0, 0.1) is 13.8 Å². The van der Waals surface area contributed by atoms with Crippen molar-refractivity contribution < 1.29 is 14.7 Å². The first-order valence-corrected chi connectivity index (χ1v) is 7.88. The van der Waals surface area contributed by atoms with E-state index in [9.17, 15) is 14.7 Å². The third-order valence-corrected chi connectivity index (χ3v) is 4.36. The molecule has 24 heavy (non-hydrogen) atoms. The van der Waals surface area contributed by atoms with Gasteiger partial charge >= 0.3 is 5.97 Å². The van der Waals surface area contributed by atoms with Crippen LogP contribution < -0.4 is 0 Å². The average Bonchev–Trinajstić information content (AvgIpc) is 2.79. The summed E-state index contributed by atoms with van der Waals surface area (Å²) in [6, 6.07) is 12.4. The molecule has 0 atom stereocenters. The number of fused-ring (bicyclic) bond motifs is 1. The lowest BCUT2D eigenvalue weighted by molar-refractivity contribution is -0.137. The van der Waals surface area contributed by atoms with E-state index in [4.69, 9.17) is 11.6 Å². The molecule has 0 fully saturated rings. The maximum absolute atomic E-state index is 13.0. The van der Waals surface area contributed by atoms with Gasteiger partial charge in [-0.15, -0.1) is 0 Å². The standard InChI is InChI=1S/C19H16ClNO3/c1-11-3-8-15-16(9-11)21(10-17(22)23)12(2)18(15)19(24)13-4-6-14(20)7-5-13/h3-9H,10H2,1-2H3,(H,22,23). The zero-order valence-corrected chi connectivity index (χ0v) is 14.1. The molecule has 3 rings (SSSR count). The van der Waals surface area contributed by atoms with Crippen LogP contribution in [-0.4, -0.2) is 21.4 Å². The van der Waals surface area contributed by atoms with Gasteiger partial charge in [0.05, 0.1) is 5.56 Å². The van der Waals surface area contributed by atoms with Crippen molar-refractivity contribution in [1.82, 2.24) is 4.57 Å². The number of hydrogen-bond acceptors (Lipinski definition) is 2. The number of carbonyl (C=O) groups excluding carboxylic acids is 1. The van der Waals surface area contributed by atoms with E-state index in [0.29, 0.717) is 21.8 Å². The molecule has 0 radical (unpaired) electrons. The second-order valence-electron chi connectivity index (χ2n) is 5.80. The maximum Gasteiger partial charge on any atom is 0.323 e. The second-order valence-corrected chi connectivity index (χ2v) is 6.23. The zero-order chi connectivity index (χ0) is 17.4. The number of nitrogens with zero attached hydrogens (tertiary/aromatic N) is 1. The fourth-order valence-corrected chi connectivity index (χ4v) is 3.08. The fourth-order valence-electron chi connectivity index (χ4n) is 2.96. The number of rotatable bonds is 4. The van der Waals surface area contributed by atoms with Gasteiger partial charge in [0.2, 0.25) is 0 Å². The number of carboxylic acid groups (broad SMARTS) is 1. The van der Waals surface area contributed by atoms with Gasteiger partial charge in [0.1, 0.15) is 6.54 Å². The summed E-state index contributed by atoms with van der Waals surface area (Å²) in [5, 5.41) is 10.5. The van der Waals surface area contributed by atoms with E-state index >= 15 is 0 Å². The Labute approximate surface area is 144 Å². The number of hydrogen-bond donors (Lipinski definition) is 1. The first-order chi connectivity index (χ1) is 11.4. The van der Waals surface area contributed by atoms with Crippen molar-refractivity contribution in [2.75, 3.05) is 0 Å². The number of aromatic nitrogens is 1. The van der Waals surface area contributed by atoms with Crippen LogP contribution >= 0.6 is 11.6 Å². The van der Waals surface area contributed by atoms with Gasteiger partial charge in [-0.3, -0.25) is 9.59 Å². The molecule has 0 aliphatic heterocycles. The van der Waals surface area contributed by atoms with Gasteiger partial charge in [-0.25, -0.2) is 0 Å². The molecule has 1 heterocycles. The van der Waals surface area contributed by atoms with Crippen LogP contribution in [0.4, 0.5) is 0 Å². The summed E-state index contributed by atoms with van der Waals surface area (Å²) >= 11 is 5.89. The second kappa shape index (κ2) is 6.13. The topological polar surface area (TPSA) is 59.3 Å². The molecule has 4 nitrogen and oxygen atoms in total. The van der Waals surface area contributed by atoms with Gasteiger partial charge in [-0.2, -0.15) is 0 Å². The van der Waals surface area contributed by atoms with Gasteiger partial charge in [0, 0.05) is 27.2 Å². The molecule has 2 aromatic carbocycles. The highest BCUT2D eigenvalue weighted by Gasteiger charge is 2.22. The van der Waals surface area contributed by atoms with E-state index < -0.39 is 5.97 Å². The van der Waals surface area contributed by atoms with Crippen molar-refractivity contribution in [2.24, 2.45) is 0 Å². The van der Waals surface area contributed by atoms with Crippen molar-refractivity contribution in [3.63, 3.8) is 0 Å². The van der Waals surface area contributed by atoms with Crippen molar-refractivity contribution >= 4 is 34.3 Å². The summed E-state index contributed by atoms with van der Waals surface area (Å²) in [7, 11) is 0. The lowest BCUT2D eigenvalue weighted by atomic mass is 10.00. The van der Waals surface area contributed by atoms with Crippen LogP contribution in [0.25, 0.3) is 10.9 Å². The molecule has 0 bridgehead atoms. The molecule has 0 unspecified atom stereocenters. The Morgan fingerprint density at radius 3 is 2.38 bits per heavy atom. The van der Waals surface area contributed by atoms with E-state index in [1.807, 2.05) is 25.1 Å². The predicted molar refractivity (Wildman–Crippen MR) is 93.9 cm³/mol. The Balaban J connectivity index is 2.24. The molecule has 3 aromatic rings. The molecule has 0 spiro atoms. The summed E-state index contributed by atoms with van der Waals surface area (Å²) < 4.78 is 1.67. The van der Waals surface area contributed by atoms with Crippen molar-refractivity contribution in [3.05, 3.63) is 69.9 Å². The molecule has 1 aromatic heterocycles. The molecule has 0 saturated carbocycles. The average molecular weight is 342 g/mol. The number of aliphatic carboxylic acids is 1. The number of aryl methyl sites for hydroxylation is 1. The van der Waals surface area contributed by atoms with Crippen LogP contribution in [0.2, 0.25) is 5.02 Å². The normalized spacial score (nSPS) is 11.0. The quantitative estimate of drug-likeness (QED) is 0.722. The highest BCUT2D eigenvalue weighted by atomic mass is 35.5. The molecular formula is C19H16ClNO3. The van der Waals surface area contributed by atoms with E-state index in [1.54, 1.807) is 35.8 Å². The van der Waals surface area contributed by atoms with Crippen molar-refractivity contribution in [1.29, 1.82) is 0 Å². The Kier molecular flexibility index (Phi) is 4.16. The number of carbonyl (C=O) groups is 2. The third-order valence-electron chi connectivity index (χ3n) is 4.11. The summed E-state index contributed by atoms with van der Waals surface area (Å²) in [5.74, 6) is -1.08. The SMILES string of the molecule is Cc1ccc2c(C(=O)c3ccc(Cl)cc3)c(C)n(CC(=O)O)c2c1. The Morgan fingerprint density at radius 2 is 1.75 bits per heavy atom. The first-order valence-electron chi connectivity index (χ1n) is 7.50. The molecule has 122 valence electrons.